The summed E-state index contributed by atoms with van der Waals surface area (Å²) in [6.45, 7) is 0.769. The van der Waals surface area contributed by atoms with Gasteiger partial charge in [0.2, 0.25) is 11.9 Å². The minimum absolute atomic E-state index is 0.0771. The summed E-state index contributed by atoms with van der Waals surface area (Å²) in [5.74, 6) is -4.49. The molecule has 0 bridgehead atoms. The quantitative estimate of drug-likeness (QED) is 0.307. The van der Waals surface area contributed by atoms with Crippen molar-refractivity contribution < 1.29 is 17.6 Å². The molecule has 5 aromatic rings. The largest absolute Gasteiger partial charge is 0.366 e. The predicted octanol–water partition coefficient (Wildman–Crippen LogP) is 4.15. The van der Waals surface area contributed by atoms with Gasteiger partial charge in [-0.2, -0.15) is 19.0 Å². The van der Waals surface area contributed by atoms with E-state index < -0.39 is 23.7 Å². The second-order valence-corrected chi connectivity index (χ2v) is 7.72. The maximum atomic E-state index is 14.5. The summed E-state index contributed by atoms with van der Waals surface area (Å²) in [7, 11) is 0. The normalized spacial score (nSPS) is 12.9. The molecule has 2 N–H and O–H groups in total. The van der Waals surface area contributed by atoms with Gasteiger partial charge in [-0.1, -0.05) is 12.1 Å². The molecule has 172 valence electrons. The monoisotopic (exact) mass is 468 g/mol. The Labute approximate surface area is 189 Å². The topological polar surface area (TPSA) is 99.8 Å². The number of nitrogens with zero attached hydrogens (tertiary/aromatic N) is 7. The van der Waals surface area contributed by atoms with E-state index in [1.54, 1.807) is 6.07 Å². The Bertz CT molecular complexity index is 1490. The average molecular weight is 468 g/mol. The van der Waals surface area contributed by atoms with Crippen molar-refractivity contribution in [2.45, 2.75) is 18.9 Å². The summed E-state index contributed by atoms with van der Waals surface area (Å²) >= 11 is 0. The number of fused-ring (bicyclic) bond motifs is 1. The number of alkyl halides is 2. The Hall–Kier alpha value is -4.35. The van der Waals surface area contributed by atoms with E-state index in [1.165, 1.54) is 43.0 Å². The number of nitrogen functional groups attached to an aromatic ring is 1. The van der Waals surface area contributed by atoms with Gasteiger partial charge in [-0.15, -0.1) is 5.10 Å². The van der Waals surface area contributed by atoms with Crippen LogP contribution in [0.4, 0.5) is 23.5 Å². The van der Waals surface area contributed by atoms with Crippen LogP contribution in [-0.4, -0.2) is 40.3 Å². The predicted molar refractivity (Wildman–Crippen MR) is 115 cm³/mol. The van der Waals surface area contributed by atoms with E-state index >= 15 is 0 Å². The van der Waals surface area contributed by atoms with Gasteiger partial charge in [0.1, 0.15) is 11.9 Å². The molecule has 0 saturated carbocycles. The highest BCUT2D eigenvalue weighted by Gasteiger charge is 2.37. The van der Waals surface area contributed by atoms with Crippen molar-refractivity contribution in [3.8, 4) is 22.5 Å². The summed E-state index contributed by atoms with van der Waals surface area (Å²) < 4.78 is 58.7. The third-order valence-corrected chi connectivity index (χ3v) is 5.17. The zero-order valence-corrected chi connectivity index (χ0v) is 17.6. The third-order valence-electron chi connectivity index (χ3n) is 5.17. The molecule has 0 aliphatic carbocycles. The first-order chi connectivity index (χ1) is 16.2. The highest BCUT2D eigenvalue weighted by Crippen LogP contribution is 2.35. The van der Waals surface area contributed by atoms with Crippen molar-refractivity contribution in [1.29, 1.82) is 0 Å². The van der Waals surface area contributed by atoms with Gasteiger partial charge in [-0.25, -0.2) is 18.2 Å². The van der Waals surface area contributed by atoms with Crippen molar-refractivity contribution in [3.05, 3.63) is 78.5 Å². The van der Waals surface area contributed by atoms with Gasteiger partial charge in [0.25, 0.3) is 5.92 Å². The molecule has 0 aliphatic heterocycles. The van der Waals surface area contributed by atoms with Crippen LogP contribution in [0.3, 0.4) is 0 Å². The van der Waals surface area contributed by atoms with E-state index in [-0.39, 0.29) is 17.2 Å². The van der Waals surface area contributed by atoms with Crippen molar-refractivity contribution >= 4 is 11.6 Å². The molecular weight excluding hydrogens is 452 g/mol. The van der Waals surface area contributed by atoms with Crippen molar-refractivity contribution in [2.75, 3.05) is 5.73 Å². The van der Waals surface area contributed by atoms with Crippen LogP contribution in [0.1, 0.15) is 18.5 Å². The molecule has 12 heteroatoms. The number of benzene rings is 1. The molecule has 1 aromatic carbocycles. The molecule has 0 fully saturated rings. The average Bonchev–Trinajstić information content (AvgIpc) is 3.41. The highest BCUT2D eigenvalue weighted by atomic mass is 19.3. The minimum atomic E-state index is -3.19. The first-order valence-corrected chi connectivity index (χ1v) is 10.0. The summed E-state index contributed by atoms with van der Waals surface area (Å²) in [5.41, 5.74) is 7.38. The van der Waals surface area contributed by atoms with Crippen molar-refractivity contribution in [3.63, 3.8) is 0 Å². The molecule has 0 radical (unpaired) electrons. The zero-order chi connectivity index (χ0) is 24.0. The number of anilines is 1. The lowest BCUT2D eigenvalue weighted by Crippen LogP contribution is -2.29. The molecule has 0 unspecified atom stereocenters. The van der Waals surface area contributed by atoms with Gasteiger partial charge < -0.3 is 5.73 Å². The van der Waals surface area contributed by atoms with Gasteiger partial charge in [0.05, 0.1) is 30.0 Å². The fourth-order valence-corrected chi connectivity index (χ4v) is 3.69. The molecule has 1 atom stereocenters. The van der Waals surface area contributed by atoms with Gasteiger partial charge in [-0.3, -0.25) is 9.67 Å². The summed E-state index contributed by atoms with van der Waals surface area (Å²) in [5, 5.41) is 7.86. The zero-order valence-electron chi connectivity index (χ0n) is 17.6. The fraction of sp³-hybridized carbons (Fsp3) is 0.136. The lowest BCUT2D eigenvalue weighted by molar-refractivity contribution is -0.0217. The Morgan fingerprint density at radius 2 is 1.65 bits per heavy atom. The maximum Gasteiger partial charge on any atom is 0.271 e. The second kappa shape index (κ2) is 7.90. The van der Waals surface area contributed by atoms with Crippen molar-refractivity contribution in [2.24, 2.45) is 0 Å². The van der Waals surface area contributed by atoms with Gasteiger partial charge in [0.15, 0.2) is 5.65 Å². The maximum absolute atomic E-state index is 14.5. The Morgan fingerprint density at radius 1 is 0.941 bits per heavy atom. The summed E-state index contributed by atoms with van der Waals surface area (Å²) in [6.07, 6.45) is 5.65. The first-order valence-electron chi connectivity index (χ1n) is 10.0. The lowest BCUT2D eigenvalue weighted by atomic mass is 10.0. The van der Waals surface area contributed by atoms with E-state index in [0.29, 0.717) is 22.5 Å². The number of rotatable bonds is 5. The molecular formula is C22H16F4N8. The standard InChI is InChI=1S/C22H16F4N8/c1-22(25,26)20(12-2-4-15(23)5-3-12)33-11-14(8-29-33)17-10-28-9-16(30-17)13-6-18(24)34-19(7-13)31-21(27)32-34/h2-11,20H,1H3,(H2,27,32)/t20-/m1/s1. The van der Waals surface area contributed by atoms with Gasteiger partial charge in [0, 0.05) is 30.3 Å². The number of pyridine rings is 1. The van der Waals surface area contributed by atoms with Crippen LogP contribution in [0.2, 0.25) is 0 Å². The molecule has 0 spiro atoms. The lowest BCUT2D eigenvalue weighted by Gasteiger charge is -2.24. The SMILES string of the molecule is CC(F)(F)[C@@H](c1ccc(F)cc1)n1cc(-c2cncc(-c3cc(F)n4nc(N)nc4c3)n2)cn1. The number of halogens is 4. The van der Waals surface area contributed by atoms with Crippen LogP contribution >= 0.6 is 0 Å². The van der Waals surface area contributed by atoms with Crippen LogP contribution in [0, 0.1) is 11.8 Å². The molecule has 0 aliphatic rings. The van der Waals surface area contributed by atoms with Crippen molar-refractivity contribution in [1.82, 2.24) is 34.3 Å². The first kappa shape index (κ1) is 21.5. The molecule has 5 rings (SSSR count). The number of nitrogens with two attached hydrogens (primary N) is 1. The Morgan fingerprint density at radius 3 is 2.35 bits per heavy atom. The third kappa shape index (κ3) is 3.93. The van der Waals surface area contributed by atoms with E-state index in [0.717, 1.165) is 28.3 Å². The summed E-state index contributed by atoms with van der Waals surface area (Å²) in [4.78, 5) is 12.6. The van der Waals surface area contributed by atoms with E-state index in [2.05, 4.69) is 25.1 Å². The van der Waals surface area contributed by atoms with E-state index in [4.69, 9.17) is 5.73 Å². The number of hydrogen-bond donors (Lipinski definition) is 1. The molecule has 4 aromatic heterocycles. The number of hydrogen-bond acceptors (Lipinski definition) is 6. The molecule has 4 heterocycles. The fourth-order valence-electron chi connectivity index (χ4n) is 3.69. The van der Waals surface area contributed by atoms with E-state index in [9.17, 15) is 17.6 Å². The Balaban J connectivity index is 1.52. The van der Waals surface area contributed by atoms with Crippen LogP contribution < -0.4 is 5.73 Å². The van der Waals surface area contributed by atoms with Crippen LogP contribution in [0.5, 0.6) is 0 Å². The van der Waals surface area contributed by atoms with E-state index in [1.807, 2.05) is 0 Å². The molecule has 34 heavy (non-hydrogen) atoms. The van der Waals surface area contributed by atoms with Gasteiger partial charge in [-0.05, 0) is 23.8 Å². The van der Waals surface area contributed by atoms with Gasteiger partial charge >= 0.3 is 0 Å². The molecule has 0 amide bonds. The summed E-state index contributed by atoms with van der Waals surface area (Å²) in [6, 6.07) is 6.11. The smallest absolute Gasteiger partial charge is 0.271 e. The van der Waals surface area contributed by atoms with Crippen LogP contribution in [0.15, 0.2) is 61.2 Å². The van der Waals surface area contributed by atoms with Crippen LogP contribution in [-0.2, 0) is 0 Å². The van der Waals surface area contributed by atoms with Crippen LogP contribution in [0.25, 0.3) is 28.2 Å². The Kier molecular flexibility index (Phi) is 5.00. The molecule has 0 saturated heterocycles. The highest BCUT2D eigenvalue weighted by molar-refractivity contribution is 5.67. The number of aromatic nitrogens is 7. The molecule has 8 nitrogen and oxygen atoms in total. The second-order valence-electron chi connectivity index (χ2n) is 7.72. The minimum Gasteiger partial charge on any atom is -0.366 e.